The number of hydrogen-bond donors (Lipinski definition) is 1. The van der Waals surface area contributed by atoms with Crippen molar-refractivity contribution in [3.05, 3.63) is 107 Å². The Morgan fingerprint density at radius 3 is 1.87 bits per heavy atom. The topological polar surface area (TPSA) is 151 Å². The molecule has 5 rings (SSSR count). The molecule has 1 saturated heterocycles. The van der Waals surface area contributed by atoms with Crippen LogP contribution < -0.4 is 0 Å². The number of benzene rings is 3. The molecule has 1 fully saturated rings. The van der Waals surface area contributed by atoms with Gasteiger partial charge in [0.05, 0.1) is 11.1 Å². The predicted molar refractivity (Wildman–Crippen MR) is 157 cm³/mol. The maximum Gasteiger partial charge on any atom is 0.429 e. The second-order valence-electron chi connectivity index (χ2n) is 10.6. The first-order valence-electron chi connectivity index (χ1n) is 14.5. The molecule has 2 heterocycles. The number of fused-ring (bicyclic) bond motifs is 1. The molecule has 3 aromatic carbocycles. The van der Waals surface area contributed by atoms with Crippen LogP contribution in [0.15, 0.2) is 84.9 Å². The van der Waals surface area contributed by atoms with Gasteiger partial charge in [0.25, 0.3) is 17.7 Å². The van der Waals surface area contributed by atoms with Gasteiger partial charge in [-0.3, -0.25) is 24.1 Å². The van der Waals surface area contributed by atoms with E-state index in [1.807, 2.05) is 6.07 Å². The third-order valence-electron chi connectivity index (χ3n) is 7.62. The molecule has 3 aromatic rings. The molecule has 232 valence electrons. The van der Waals surface area contributed by atoms with Crippen LogP contribution in [-0.2, 0) is 37.1 Å². The number of imide groups is 1. The Hall–Kier alpha value is -5.52. The molecule has 2 aliphatic rings. The highest BCUT2D eigenvalue weighted by molar-refractivity contribution is 6.23. The van der Waals surface area contributed by atoms with Gasteiger partial charge in [-0.15, -0.1) is 0 Å². The van der Waals surface area contributed by atoms with Gasteiger partial charge in [-0.2, -0.15) is 0 Å². The monoisotopic (exact) mass is 613 g/mol. The predicted octanol–water partition coefficient (Wildman–Crippen LogP) is 3.80. The molecule has 0 bridgehead atoms. The lowest BCUT2D eigenvalue weighted by atomic mass is 10.0. The third-order valence-corrected chi connectivity index (χ3v) is 7.62. The van der Waals surface area contributed by atoms with Crippen LogP contribution >= 0.6 is 0 Å². The summed E-state index contributed by atoms with van der Waals surface area (Å²) in [5.41, 5.74) is 1.55. The van der Waals surface area contributed by atoms with Crippen molar-refractivity contribution in [3.8, 4) is 0 Å². The lowest BCUT2D eigenvalue weighted by Crippen LogP contribution is -2.64. The third kappa shape index (κ3) is 6.85. The molecule has 2 aliphatic heterocycles. The van der Waals surface area contributed by atoms with Crippen LogP contribution in [0.25, 0.3) is 0 Å². The number of nitrogens with zero attached hydrogens (tertiary/aromatic N) is 3. The number of amides is 4. The lowest BCUT2D eigenvalue weighted by Gasteiger charge is -2.43. The van der Waals surface area contributed by atoms with Crippen molar-refractivity contribution in [1.82, 2.24) is 14.9 Å². The van der Waals surface area contributed by atoms with E-state index >= 15 is 0 Å². The molecule has 4 amide bonds. The fourth-order valence-electron chi connectivity index (χ4n) is 5.38. The molecule has 0 aliphatic carbocycles. The standard InChI is InChI=1S/C33H31N3O9/c37-28(44-20-22-10-3-1-4-11-22)18-17-26(35-29(38)24-14-7-8-15-25(24)30(35)39)31(40)36-27(32(41)42)16-9-19-34(36)33(43)45-21-23-12-5-2-6-13-23/h1-8,10-15,26-27H,9,16-21H2,(H,41,42). The van der Waals surface area contributed by atoms with Gasteiger partial charge in [0.2, 0.25) is 0 Å². The summed E-state index contributed by atoms with van der Waals surface area (Å²) in [6.45, 7) is -0.207. The van der Waals surface area contributed by atoms with E-state index < -0.39 is 47.8 Å². The average molecular weight is 614 g/mol. The number of carboxylic acid groups (broad SMARTS) is 1. The van der Waals surface area contributed by atoms with Crippen molar-refractivity contribution in [2.75, 3.05) is 6.54 Å². The molecule has 0 aromatic heterocycles. The Bertz CT molecular complexity index is 1560. The summed E-state index contributed by atoms with van der Waals surface area (Å²) in [5, 5.41) is 11.7. The second kappa shape index (κ2) is 13.8. The molecule has 45 heavy (non-hydrogen) atoms. The van der Waals surface area contributed by atoms with E-state index in [2.05, 4.69) is 0 Å². The number of esters is 1. The van der Waals surface area contributed by atoms with Crippen LogP contribution in [0.3, 0.4) is 0 Å². The van der Waals surface area contributed by atoms with Crippen LogP contribution in [0, 0.1) is 0 Å². The zero-order valence-electron chi connectivity index (χ0n) is 24.2. The van der Waals surface area contributed by atoms with Gasteiger partial charge >= 0.3 is 18.0 Å². The van der Waals surface area contributed by atoms with Crippen LogP contribution in [0.1, 0.15) is 57.5 Å². The summed E-state index contributed by atoms with van der Waals surface area (Å²) >= 11 is 0. The van der Waals surface area contributed by atoms with Crippen LogP contribution in [0.5, 0.6) is 0 Å². The van der Waals surface area contributed by atoms with Crippen molar-refractivity contribution < 1.29 is 43.3 Å². The summed E-state index contributed by atoms with van der Waals surface area (Å²) in [6, 6.07) is 20.6. The van der Waals surface area contributed by atoms with E-state index in [1.54, 1.807) is 66.7 Å². The van der Waals surface area contributed by atoms with Gasteiger partial charge in [-0.1, -0.05) is 72.8 Å². The van der Waals surface area contributed by atoms with Crippen LogP contribution in [0.2, 0.25) is 0 Å². The molecule has 2 atom stereocenters. The van der Waals surface area contributed by atoms with Gasteiger partial charge in [0.1, 0.15) is 19.3 Å². The van der Waals surface area contributed by atoms with Gasteiger partial charge in [0, 0.05) is 13.0 Å². The molecule has 1 N–H and O–H groups in total. The number of carboxylic acids is 1. The highest BCUT2D eigenvalue weighted by atomic mass is 16.6. The summed E-state index contributed by atoms with van der Waals surface area (Å²) < 4.78 is 10.8. The van der Waals surface area contributed by atoms with Crippen molar-refractivity contribution in [1.29, 1.82) is 0 Å². The first-order valence-corrected chi connectivity index (χ1v) is 14.5. The van der Waals surface area contributed by atoms with Crippen molar-refractivity contribution in [2.24, 2.45) is 0 Å². The summed E-state index contributed by atoms with van der Waals surface area (Å²) in [6.07, 6.45) is -1.45. The molecular formula is C33H31N3O9. The SMILES string of the molecule is O=C(CCC(C(=O)N1C(C(=O)O)CCCN1C(=O)OCc1ccccc1)N1C(=O)c2ccccc2C1=O)OCc1ccccc1. The normalized spacial score (nSPS) is 16.6. The minimum Gasteiger partial charge on any atom is -0.480 e. The zero-order valence-corrected chi connectivity index (χ0v) is 24.2. The van der Waals surface area contributed by atoms with E-state index in [0.717, 1.165) is 20.5 Å². The average Bonchev–Trinajstić information content (AvgIpc) is 3.32. The fourth-order valence-corrected chi connectivity index (χ4v) is 5.38. The smallest absolute Gasteiger partial charge is 0.429 e. The van der Waals surface area contributed by atoms with Crippen LogP contribution in [0.4, 0.5) is 4.79 Å². The largest absolute Gasteiger partial charge is 0.480 e. The minimum absolute atomic E-state index is 0.0114. The molecule has 0 saturated carbocycles. The van der Waals surface area contributed by atoms with E-state index in [1.165, 1.54) is 12.1 Å². The molecule has 12 heteroatoms. The number of ether oxygens (including phenoxy) is 2. The summed E-state index contributed by atoms with van der Waals surface area (Å²) in [5.74, 6) is -4.63. The highest BCUT2D eigenvalue weighted by Gasteiger charge is 2.49. The molecule has 2 unspecified atom stereocenters. The first kappa shape index (κ1) is 30.9. The van der Waals surface area contributed by atoms with Gasteiger partial charge in [-0.05, 0) is 42.5 Å². The van der Waals surface area contributed by atoms with E-state index in [0.29, 0.717) is 5.56 Å². The lowest BCUT2D eigenvalue weighted by molar-refractivity contribution is -0.173. The van der Waals surface area contributed by atoms with E-state index in [4.69, 9.17) is 9.47 Å². The minimum atomic E-state index is -1.62. The number of aliphatic carboxylic acids is 1. The quantitative estimate of drug-likeness (QED) is 0.266. The maximum atomic E-state index is 14.3. The molecule has 0 spiro atoms. The molecular weight excluding hydrogens is 582 g/mol. The van der Waals surface area contributed by atoms with E-state index in [9.17, 15) is 33.9 Å². The van der Waals surface area contributed by atoms with Crippen molar-refractivity contribution >= 4 is 35.8 Å². The zero-order chi connectivity index (χ0) is 31.9. The summed E-state index contributed by atoms with van der Waals surface area (Å²) in [4.78, 5) is 80.4. The molecule has 0 radical (unpaired) electrons. The van der Waals surface area contributed by atoms with Crippen LogP contribution in [-0.4, -0.2) is 74.4 Å². The number of rotatable bonds is 10. The fraction of sp³-hybridized carbons (Fsp3) is 0.273. The highest BCUT2D eigenvalue weighted by Crippen LogP contribution is 2.30. The van der Waals surface area contributed by atoms with Crippen molar-refractivity contribution in [3.63, 3.8) is 0 Å². The Morgan fingerprint density at radius 1 is 0.778 bits per heavy atom. The Labute approximate surface area is 258 Å². The number of hydrogen-bond acceptors (Lipinski definition) is 8. The Morgan fingerprint density at radius 2 is 1.31 bits per heavy atom. The summed E-state index contributed by atoms with van der Waals surface area (Å²) in [7, 11) is 0. The first-order chi connectivity index (χ1) is 21.8. The van der Waals surface area contributed by atoms with Gasteiger partial charge in [-0.25, -0.2) is 19.6 Å². The number of hydrazine groups is 1. The Kier molecular flexibility index (Phi) is 9.51. The number of carbonyl (C=O) groups is 6. The van der Waals surface area contributed by atoms with Crippen molar-refractivity contribution in [2.45, 2.75) is 51.0 Å². The van der Waals surface area contributed by atoms with E-state index in [-0.39, 0.29) is 56.6 Å². The molecule has 12 nitrogen and oxygen atoms in total. The van der Waals surface area contributed by atoms with Gasteiger partial charge < -0.3 is 14.6 Å². The maximum absolute atomic E-state index is 14.3. The van der Waals surface area contributed by atoms with Gasteiger partial charge in [0.15, 0.2) is 6.04 Å². The Balaban J connectivity index is 1.41. The second-order valence-corrected chi connectivity index (χ2v) is 10.6. The number of carbonyl (C=O) groups excluding carboxylic acids is 5.